The monoisotopic (exact) mass is 389 g/mol. The second-order valence-electron chi connectivity index (χ2n) is 7.12. The van der Waals surface area contributed by atoms with Crippen molar-refractivity contribution in [3.05, 3.63) is 71.8 Å². The van der Waals surface area contributed by atoms with Gasteiger partial charge in [0.25, 0.3) is 0 Å². The van der Waals surface area contributed by atoms with Crippen LogP contribution in [0.1, 0.15) is 44.2 Å². The molecule has 0 radical (unpaired) electrons. The van der Waals surface area contributed by atoms with Crippen LogP contribution in [-0.4, -0.2) is 37.6 Å². The summed E-state index contributed by atoms with van der Waals surface area (Å²) in [6.07, 6.45) is 2.51. The zero-order chi connectivity index (χ0) is 19.0. The first-order chi connectivity index (χ1) is 12.5. The maximum atomic E-state index is 11.9. The van der Waals surface area contributed by atoms with Gasteiger partial charge in [-0.25, -0.2) is 0 Å². The molecule has 0 N–H and O–H groups in total. The SMILES string of the molecule is CCC(OC(C)=O)C(CCCN(C)C)(c1ccccc1)c1ccccc1.Cl. The number of carbonyl (C=O) groups excluding carboxylic acids is 1. The van der Waals surface area contributed by atoms with Crippen LogP contribution < -0.4 is 0 Å². The smallest absolute Gasteiger partial charge is 0.302 e. The standard InChI is InChI=1S/C23H31NO2.ClH/c1-5-22(26-19(2)25)23(17-12-18-24(3)4,20-13-8-6-9-14-20)21-15-10-7-11-16-21;/h6-11,13-16,22H,5,12,17-18H2,1-4H3;1H. The maximum Gasteiger partial charge on any atom is 0.302 e. The van der Waals surface area contributed by atoms with Gasteiger partial charge in [0.1, 0.15) is 6.10 Å². The summed E-state index contributed by atoms with van der Waals surface area (Å²) in [5, 5.41) is 0. The minimum atomic E-state index is -0.348. The van der Waals surface area contributed by atoms with Gasteiger partial charge in [0.05, 0.1) is 5.41 Å². The van der Waals surface area contributed by atoms with E-state index in [0.29, 0.717) is 0 Å². The Bertz CT molecular complexity index is 634. The third kappa shape index (κ3) is 5.82. The predicted octanol–water partition coefficient (Wildman–Crippen LogP) is 5.08. The van der Waals surface area contributed by atoms with Crippen LogP contribution in [-0.2, 0) is 14.9 Å². The summed E-state index contributed by atoms with van der Waals surface area (Å²) < 4.78 is 5.88. The van der Waals surface area contributed by atoms with Crippen molar-refractivity contribution in [1.82, 2.24) is 4.90 Å². The van der Waals surface area contributed by atoms with Crippen LogP contribution in [0, 0.1) is 0 Å². The summed E-state index contributed by atoms with van der Waals surface area (Å²) in [6, 6.07) is 21.0. The number of nitrogens with zero attached hydrogens (tertiary/aromatic N) is 1. The first kappa shape index (κ1) is 23.2. The number of carbonyl (C=O) groups is 1. The molecule has 0 aliphatic heterocycles. The maximum absolute atomic E-state index is 11.9. The Kier molecular flexibility index (Phi) is 9.54. The summed E-state index contributed by atoms with van der Waals surface area (Å²) in [6.45, 7) is 4.60. The van der Waals surface area contributed by atoms with Gasteiger partial charge in [0.15, 0.2) is 0 Å². The number of halogens is 1. The van der Waals surface area contributed by atoms with E-state index >= 15 is 0 Å². The van der Waals surface area contributed by atoms with E-state index in [0.717, 1.165) is 25.8 Å². The highest BCUT2D eigenvalue weighted by Gasteiger charge is 2.42. The Morgan fingerprint density at radius 3 is 1.85 bits per heavy atom. The van der Waals surface area contributed by atoms with Gasteiger partial charge < -0.3 is 9.64 Å². The molecular weight excluding hydrogens is 358 g/mol. The first-order valence-electron chi connectivity index (χ1n) is 9.43. The molecule has 2 aromatic carbocycles. The van der Waals surface area contributed by atoms with Crippen molar-refractivity contribution in [2.24, 2.45) is 0 Å². The molecule has 0 amide bonds. The number of rotatable bonds is 9. The molecule has 2 rings (SSSR count). The summed E-state index contributed by atoms with van der Waals surface area (Å²) in [4.78, 5) is 14.1. The molecule has 2 aromatic rings. The van der Waals surface area contributed by atoms with Gasteiger partial charge in [0, 0.05) is 6.92 Å². The molecule has 0 aliphatic rings. The number of ether oxygens (including phenoxy) is 1. The predicted molar refractivity (Wildman–Crippen MR) is 115 cm³/mol. The van der Waals surface area contributed by atoms with Crippen LogP contribution in [0.2, 0.25) is 0 Å². The van der Waals surface area contributed by atoms with E-state index in [1.807, 2.05) is 12.1 Å². The molecule has 0 aliphatic carbocycles. The molecule has 148 valence electrons. The van der Waals surface area contributed by atoms with Gasteiger partial charge in [-0.05, 0) is 51.0 Å². The van der Waals surface area contributed by atoms with Crippen LogP contribution in [0.15, 0.2) is 60.7 Å². The van der Waals surface area contributed by atoms with Gasteiger partial charge >= 0.3 is 5.97 Å². The van der Waals surface area contributed by atoms with Crippen molar-refractivity contribution < 1.29 is 9.53 Å². The molecule has 3 nitrogen and oxygen atoms in total. The molecule has 4 heteroatoms. The van der Waals surface area contributed by atoms with E-state index < -0.39 is 0 Å². The fraction of sp³-hybridized carbons (Fsp3) is 0.435. The molecular formula is C23H32ClNO2. The average Bonchev–Trinajstić information content (AvgIpc) is 2.65. The summed E-state index contributed by atoms with van der Waals surface area (Å²) >= 11 is 0. The van der Waals surface area contributed by atoms with Gasteiger partial charge in [-0.1, -0.05) is 67.6 Å². The van der Waals surface area contributed by atoms with Crippen molar-refractivity contribution >= 4 is 18.4 Å². The van der Waals surface area contributed by atoms with Gasteiger partial charge in [-0.2, -0.15) is 0 Å². The Labute approximate surface area is 170 Å². The first-order valence-corrected chi connectivity index (χ1v) is 9.43. The topological polar surface area (TPSA) is 29.5 Å². The van der Waals surface area contributed by atoms with Crippen LogP contribution in [0.5, 0.6) is 0 Å². The van der Waals surface area contributed by atoms with Crippen molar-refractivity contribution in [2.75, 3.05) is 20.6 Å². The molecule has 0 aromatic heterocycles. The molecule has 0 bridgehead atoms. The Morgan fingerprint density at radius 2 is 1.48 bits per heavy atom. The fourth-order valence-electron chi connectivity index (χ4n) is 3.87. The highest BCUT2D eigenvalue weighted by atomic mass is 35.5. The van der Waals surface area contributed by atoms with Gasteiger partial charge in [-0.15, -0.1) is 12.4 Å². The fourth-order valence-corrected chi connectivity index (χ4v) is 3.87. The molecule has 1 atom stereocenters. The zero-order valence-electron chi connectivity index (χ0n) is 16.9. The second kappa shape index (κ2) is 11.1. The van der Waals surface area contributed by atoms with Gasteiger partial charge in [-0.3, -0.25) is 4.79 Å². The van der Waals surface area contributed by atoms with Crippen LogP contribution in [0.3, 0.4) is 0 Å². The minimum absolute atomic E-state index is 0. The zero-order valence-corrected chi connectivity index (χ0v) is 17.7. The Balaban J connectivity index is 0.00000364. The molecule has 0 spiro atoms. The normalized spacial score (nSPS) is 12.3. The summed E-state index contributed by atoms with van der Waals surface area (Å²) in [5.41, 5.74) is 2.06. The van der Waals surface area contributed by atoms with E-state index in [4.69, 9.17) is 4.74 Å². The van der Waals surface area contributed by atoms with E-state index in [1.165, 1.54) is 18.1 Å². The van der Waals surface area contributed by atoms with E-state index in [1.54, 1.807) is 0 Å². The third-order valence-electron chi connectivity index (χ3n) is 4.98. The number of hydrogen-bond acceptors (Lipinski definition) is 3. The molecule has 0 fully saturated rings. The lowest BCUT2D eigenvalue weighted by Gasteiger charge is -2.41. The van der Waals surface area contributed by atoms with E-state index in [9.17, 15) is 4.79 Å². The minimum Gasteiger partial charge on any atom is -0.461 e. The molecule has 0 heterocycles. The number of hydrogen-bond donors (Lipinski definition) is 0. The molecule has 0 saturated carbocycles. The van der Waals surface area contributed by atoms with E-state index in [-0.39, 0.29) is 29.9 Å². The average molecular weight is 390 g/mol. The van der Waals surface area contributed by atoms with Crippen LogP contribution in [0.25, 0.3) is 0 Å². The van der Waals surface area contributed by atoms with Crippen molar-refractivity contribution in [3.8, 4) is 0 Å². The highest BCUT2D eigenvalue weighted by Crippen LogP contribution is 2.42. The van der Waals surface area contributed by atoms with Crippen molar-refractivity contribution in [2.45, 2.75) is 44.6 Å². The van der Waals surface area contributed by atoms with Crippen molar-refractivity contribution in [3.63, 3.8) is 0 Å². The van der Waals surface area contributed by atoms with Crippen LogP contribution in [0.4, 0.5) is 0 Å². The summed E-state index contributed by atoms with van der Waals surface area (Å²) in [7, 11) is 4.19. The second-order valence-corrected chi connectivity index (χ2v) is 7.12. The Morgan fingerprint density at radius 1 is 1.00 bits per heavy atom. The number of esters is 1. The van der Waals surface area contributed by atoms with Gasteiger partial charge in [0.2, 0.25) is 0 Å². The largest absolute Gasteiger partial charge is 0.461 e. The van der Waals surface area contributed by atoms with Crippen molar-refractivity contribution in [1.29, 1.82) is 0 Å². The van der Waals surface area contributed by atoms with E-state index in [2.05, 4.69) is 74.4 Å². The van der Waals surface area contributed by atoms with Crippen LogP contribution >= 0.6 is 12.4 Å². The molecule has 0 saturated heterocycles. The third-order valence-corrected chi connectivity index (χ3v) is 4.98. The molecule has 27 heavy (non-hydrogen) atoms. The molecule has 1 unspecified atom stereocenters. The lowest BCUT2D eigenvalue weighted by molar-refractivity contribution is -0.149. The highest BCUT2D eigenvalue weighted by molar-refractivity contribution is 5.85. The quantitative estimate of drug-likeness (QED) is 0.560. The number of benzene rings is 2. The Hall–Kier alpha value is -1.84. The summed E-state index contributed by atoms with van der Waals surface area (Å²) in [5.74, 6) is -0.222. The lowest BCUT2D eigenvalue weighted by Crippen LogP contribution is -2.43. The lowest BCUT2D eigenvalue weighted by atomic mass is 9.66.